The highest BCUT2D eigenvalue weighted by atomic mass is 79.9. The van der Waals surface area contributed by atoms with E-state index in [-0.39, 0.29) is 0 Å². The monoisotopic (exact) mass is 388 g/mol. The first-order valence-electron chi connectivity index (χ1n) is 6.78. The van der Waals surface area contributed by atoms with Crippen molar-refractivity contribution >= 4 is 31.9 Å². The van der Waals surface area contributed by atoms with E-state index in [1.54, 1.807) is 0 Å². The number of halogens is 2. The van der Waals surface area contributed by atoms with E-state index in [4.69, 9.17) is 0 Å². The van der Waals surface area contributed by atoms with E-state index in [2.05, 4.69) is 45.7 Å². The Morgan fingerprint density at radius 3 is 2.32 bits per heavy atom. The standard InChI is InChI=1S/C16H22Br2O/c1-3-4-11-16(19,12-10-13(2)15(17)18)14-8-6-5-7-9-14/h5-9,19H,3-4,10-12H2,1-2H3. The largest absolute Gasteiger partial charge is 0.385 e. The zero-order valence-corrected chi connectivity index (χ0v) is 14.8. The summed E-state index contributed by atoms with van der Waals surface area (Å²) in [5.74, 6) is 0. The van der Waals surface area contributed by atoms with Crippen LogP contribution in [0.3, 0.4) is 0 Å². The summed E-state index contributed by atoms with van der Waals surface area (Å²) < 4.78 is 0.992. The molecule has 0 aromatic heterocycles. The summed E-state index contributed by atoms with van der Waals surface area (Å²) in [5, 5.41) is 11.0. The van der Waals surface area contributed by atoms with Crippen LogP contribution in [0.15, 0.2) is 39.3 Å². The molecule has 0 spiro atoms. The molecular weight excluding hydrogens is 368 g/mol. The van der Waals surface area contributed by atoms with Gasteiger partial charge in [-0.25, -0.2) is 0 Å². The summed E-state index contributed by atoms with van der Waals surface area (Å²) in [6.07, 6.45) is 4.60. The van der Waals surface area contributed by atoms with Crippen molar-refractivity contribution in [2.24, 2.45) is 0 Å². The molecule has 1 aromatic rings. The van der Waals surface area contributed by atoms with Gasteiger partial charge in [-0.1, -0.05) is 55.7 Å². The van der Waals surface area contributed by atoms with E-state index in [1.807, 2.05) is 30.3 Å². The highest BCUT2D eigenvalue weighted by Crippen LogP contribution is 2.34. The minimum atomic E-state index is -0.714. The van der Waals surface area contributed by atoms with Crippen molar-refractivity contribution in [2.45, 2.75) is 51.6 Å². The third kappa shape index (κ3) is 5.41. The molecule has 1 rings (SSSR count). The summed E-state index contributed by atoms with van der Waals surface area (Å²) >= 11 is 6.86. The molecule has 0 saturated heterocycles. The van der Waals surface area contributed by atoms with Crippen LogP contribution in [0.4, 0.5) is 0 Å². The Balaban J connectivity index is 2.85. The fourth-order valence-corrected chi connectivity index (χ4v) is 2.52. The average molecular weight is 390 g/mol. The minimum Gasteiger partial charge on any atom is -0.385 e. The predicted molar refractivity (Wildman–Crippen MR) is 89.7 cm³/mol. The van der Waals surface area contributed by atoms with Gasteiger partial charge in [-0.3, -0.25) is 0 Å². The van der Waals surface area contributed by atoms with Gasteiger partial charge in [-0.05, 0) is 63.6 Å². The van der Waals surface area contributed by atoms with E-state index >= 15 is 0 Å². The zero-order chi connectivity index (χ0) is 14.3. The van der Waals surface area contributed by atoms with Crippen LogP contribution in [0.1, 0.15) is 51.5 Å². The molecule has 0 aliphatic rings. The van der Waals surface area contributed by atoms with Gasteiger partial charge in [0.05, 0.1) is 8.99 Å². The van der Waals surface area contributed by atoms with Crippen LogP contribution in [-0.2, 0) is 5.60 Å². The number of rotatable bonds is 7. The molecular formula is C16H22Br2O. The molecule has 19 heavy (non-hydrogen) atoms. The third-order valence-corrected chi connectivity index (χ3v) is 4.84. The molecule has 0 fully saturated rings. The summed E-state index contributed by atoms with van der Waals surface area (Å²) in [5.41, 5.74) is 1.54. The van der Waals surface area contributed by atoms with Crippen LogP contribution >= 0.6 is 31.9 Å². The van der Waals surface area contributed by atoms with Crippen LogP contribution in [0, 0.1) is 0 Å². The van der Waals surface area contributed by atoms with Crippen molar-refractivity contribution in [3.8, 4) is 0 Å². The van der Waals surface area contributed by atoms with Crippen molar-refractivity contribution in [3.63, 3.8) is 0 Å². The topological polar surface area (TPSA) is 20.2 Å². The second-order valence-corrected chi connectivity index (χ2v) is 7.69. The third-order valence-electron chi connectivity index (χ3n) is 3.49. The Labute approximate surface area is 133 Å². The molecule has 0 saturated carbocycles. The molecule has 1 unspecified atom stereocenters. The molecule has 106 valence electrons. The summed E-state index contributed by atoms with van der Waals surface area (Å²) in [4.78, 5) is 0. The van der Waals surface area contributed by atoms with Gasteiger partial charge >= 0.3 is 0 Å². The number of benzene rings is 1. The van der Waals surface area contributed by atoms with Crippen LogP contribution in [0.5, 0.6) is 0 Å². The normalized spacial score (nSPS) is 13.9. The highest BCUT2D eigenvalue weighted by Gasteiger charge is 2.28. The second-order valence-electron chi connectivity index (χ2n) is 5.04. The van der Waals surface area contributed by atoms with E-state index in [0.717, 1.165) is 41.1 Å². The number of hydrogen-bond donors (Lipinski definition) is 1. The summed E-state index contributed by atoms with van der Waals surface area (Å²) in [6.45, 7) is 4.23. The lowest BCUT2D eigenvalue weighted by Crippen LogP contribution is -2.25. The number of hydrogen-bond acceptors (Lipinski definition) is 1. The second kappa shape index (κ2) is 8.23. The fraction of sp³-hybridized carbons (Fsp3) is 0.500. The molecule has 1 nitrogen and oxygen atoms in total. The van der Waals surface area contributed by atoms with Crippen molar-refractivity contribution < 1.29 is 5.11 Å². The van der Waals surface area contributed by atoms with Crippen LogP contribution in [0.25, 0.3) is 0 Å². The van der Waals surface area contributed by atoms with E-state index < -0.39 is 5.60 Å². The lowest BCUT2D eigenvalue weighted by Gasteiger charge is -2.29. The molecule has 1 atom stereocenters. The first-order chi connectivity index (χ1) is 8.99. The molecule has 0 aliphatic carbocycles. The first kappa shape index (κ1) is 16.9. The van der Waals surface area contributed by atoms with Gasteiger partial charge in [-0.2, -0.15) is 0 Å². The summed E-state index contributed by atoms with van der Waals surface area (Å²) in [6, 6.07) is 10.0. The predicted octanol–water partition coefficient (Wildman–Crippen LogP) is 5.87. The van der Waals surface area contributed by atoms with Crippen LogP contribution in [-0.4, -0.2) is 5.11 Å². The quantitative estimate of drug-likeness (QED) is 0.618. The van der Waals surface area contributed by atoms with Gasteiger partial charge in [-0.15, -0.1) is 0 Å². The van der Waals surface area contributed by atoms with Gasteiger partial charge in [0.25, 0.3) is 0 Å². The fourth-order valence-electron chi connectivity index (χ4n) is 2.12. The van der Waals surface area contributed by atoms with Crippen LogP contribution < -0.4 is 0 Å². The molecule has 0 radical (unpaired) electrons. The Hall–Kier alpha value is -0.120. The van der Waals surface area contributed by atoms with E-state index in [9.17, 15) is 5.11 Å². The van der Waals surface area contributed by atoms with Crippen LogP contribution in [0.2, 0.25) is 0 Å². The molecule has 1 aromatic carbocycles. The van der Waals surface area contributed by atoms with Crippen molar-refractivity contribution in [3.05, 3.63) is 44.9 Å². The lowest BCUT2D eigenvalue weighted by atomic mass is 9.84. The Morgan fingerprint density at radius 1 is 1.16 bits per heavy atom. The smallest absolute Gasteiger partial charge is 0.0899 e. The molecule has 0 aliphatic heterocycles. The summed E-state index contributed by atoms with van der Waals surface area (Å²) in [7, 11) is 0. The number of allylic oxidation sites excluding steroid dienone is 1. The van der Waals surface area contributed by atoms with E-state index in [0.29, 0.717) is 0 Å². The Bertz CT molecular complexity index is 410. The Kier molecular flexibility index (Phi) is 7.33. The molecule has 0 heterocycles. The number of unbranched alkanes of at least 4 members (excludes halogenated alkanes) is 1. The first-order valence-corrected chi connectivity index (χ1v) is 8.37. The number of aliphatic hydroxyl groups is 1. The van der Waals surface area contributed by atoms with Gasteiger partial charge in [0.2, 0.25) is 0 Å². The molecule has 1 N–H and O–H groups in total. The maximum atomic E-state index is 11.0. The van der Waals surface area contributed by atoms with Crippen molar-refractivity contribution in [2.75, 3.05) is 0 Å². The molecule has 0 bridgehead atoms. The average Bonchev–Trinajstić information content (AvgIpc) is 2.43. The Morgan fingerprint density at radius 2 is 1.79 bits per heavy atom. The van der Waals surface area contributed by atoms with Crippen molar-refractivity contribution in [1.82, 2.24) is 0 Å². The van der Waals surface area contributed by atoms with Gasteiger partial charge in [0.1, 0.15) is 0 Å². The SMILES string of the molecule is CCCCC(O)(CCC(C)=C(Br)Br)c1ccccc1. The van der Waals surface area contributed by atoms with Gasteiger partial charge < -0.3 is 5.11 Å². The zero-order valence-electron chi connectivity index (χ0n) is 11.6. The highest BCUT2D eigenvalue weighted by molar-refractivity contribution is 9.28. The molecule has 0 amide bonds. The van der Waals surface area contributed by atoms with Gasteiger partial charge in [0, 0.05) is 0 Å². The van der Waals surface area contributed by atoms with E-state index in [1.165, 1.54) is 5.57 Å². The lowest BCUT2D eigenvalue weighted by molar-refractivity contribution is 0.0165. The maximum absolute atomic E-state index is 11.0. The minimum absolute atomic E-state index is 0.714. The van der Waals surface area contributed by atoms with Gasteiger partial charge in [0.15, 0.2) is 0 Å². The maximum Gasteiger partial charge on any atom is 0.0899 e. The molecule has 3 heteroatoms. The van der Waals surface area contributed by atoms with Crippen molar-refractivity contribution in [1.29, 1.82) is 0 Å².